The molecule has 1 rings (SSSR count). The quantitative estimate of drug-likeness (QED) is 0.748. The summed E-state index contributed by atoms with van der Waals surface area (Å²) < 4.78 is 0. The topological polar surface area (TPSA) is 58.4 Å². The van der Waals surface area contributed by atoms with Crippen LogP contribution in [0.3, 0.4) is 0 Å². The van der Waals surface area contributed by atoms with Crippen LogP contribution in [0.25, 0.3) is 0 Å². The normalized spacial score (nSPS) is 19.4. The van der Waals surface area contributed by atoms with Gasteiger partial charge in [0.1, 0.15) is 0 Å². The number of rotatable bonds is 3. The molecule has 0 bridgehead atoms. The molecule has 0 atom stereocenters. The summed E-state index contributed by atoms with van der Waals surface area (Å²) in [7, 11) is 4.06. The highest BCUT2D eigenvalue weighted by Crippen LogP contribution is 2.11. The lowest BCUT2D eigenvalue weighted by Gasteiger charge is -2.19. The van der Waals surface area contributed by atoms with Crippen LogP contribution in [-0.2, 0) is 0 Å². The second-order valence-electron chi connectivity index (χ2n) is 3.71. The second-order valence-corrected chi connectivity index (χ2v) is 3.71. The van der Waals surface area contributed by atoms with Crippen LogP contribution < -0.4 is 11.1 Å². The second kappa shape index (κ2) is 5.92. The zero-order chi connectivity index (χ0) is 12.0. The molecule has 86 valence electrons. The average molecular weight is 219 g/mol. The molecular weight excluding hydrogens is 202 g/mol. The smallest absolute Gasteiger partial charge is 0.316 e. The third-order valence-corrected chi connectivity index (χ3v) is 2.18. The summed E-state index contributed by atoms with van der Waals surface area (Å²) in [6.07, 6.45) is 13.5. The Hall–Kier alpha value is -1.81. The Bertz CT molecular complexity index is 348. The largest absolute Gasteiger partial charge is 0.351 e. The van der Waals surface area contributed by atoms with Crippen LogP contribution in [0.2, 0.25) is 0 Å². The molecule has 0 fully saturated rings. The number of allylic oxidation sites excluding steroid dienone is 5. The highest BCUT2D eigenvalue weighted by molar-refractivity contribution is 5.72. The first-order valence-electron chi connectivity index (χ1n) is 5.05. The molecule has 4 nitrogen and oxygen atoms in total. The molecule has 0 spiro atoms. The molecule has 3 N–H and O–H groups in total. The molecule has 0 heterocycles. The number of carbonyl (C=O) groups is 1. The van der Waals surface area contributed by atoms with Crippen molar-refractivity contribution in [3.8, 4) is 0 Å². The molecule has 4 heteroatoms. The van der Waals surface area contributed by atoms with E-state index >= 15 is 0 Å². The van der Waals surface area contributed by atoms with E-state index < -0.39 is 6.03 Å². The van der Waals surface area contributed by atoms with E-state index in [1.807, 2.05) is 32.3 Å². The van der Waals surface area contributed by atoms with Gasteiger partial charge >= 0.3 is 6.03 Å². The summed E-state index contributed by atoms with van der Waals surface area (Å²) in [5.41, 5.74) is 5.99. The first kappa shape index (κ1) is 12.3. The first-order chi connectivity index (χ1) is 7.59. The maximum atomic E-state index is 10.4. The summed E-state index contributed by atoms with van der Waals surface area (Å²) in [4.78, 5) is 12.5. The molecule has 0 radical (unpaired) electrons. The van der Waals surface area contributed by atoms with E-state index in [0.29, 0.717) is 6.04 Å². The van der Waals surface area contributed by atoms with E-state index in [2.05, 4.69) is 22.4 Å². The van der Waals surface area contributed by atoms with Crippen molar-refractivity contribution in [2.24, 2.45) is 5.73 Å². The minimum absolute atomic E-state index is 0.352. The highest BCUT2D eigenvalue weighted by Gasteiger charge is 2.05. The SMILES string of the molecule is CN(C)C1C=CC(=CC=CNC(N)=O)C=C1. The third-order valence-electron chi connectivity index (χ3n) is 2.18. The van der Waals surface area contributed by atoms with Gasteiger partial charge in [0.15, 0.2) is 0 Å². The van der Waals surface area contributed by atoms with Crippen molar-refractivity contribution in [2.45, 2.75) is 6.04 Å². The molecule has 0 aromatic heterocycles. The van der Waals surface area contributed by atoms with E-state index in [9.17, 15) is 4.79 Å². The predicted octanol–water partition coefficient (Wildman–Crippen LogP) is 1.15. The summed E-state index contributed by atoms with van der Waals surface area (Å²) >= 11 is 0. The predicted molar refractivity (Wildman–Crippen MR) is 65.7 cm³/mol. The molecule has 0 aromatic carbocycles. The number of primary amides is 1. The number of hydrogen-bond donors (Lipinski definition) is 2. The summed E-state index contributed by atoms with van der Waals surface area (Å²) in [6.45, 7) is 0. The van der Waals surface area contributed by atoms with Gasteiger partial charge in [0.2, 0.25) is 0 Å². The van der Waals surface area contributed by atoms with E-state index in [1.165, 1.54) is 6.20 Å². The van der Waals surface area contributed by atoms with Gasteiger partial charge in [-0.1, -0.05) is 30.4 Å². The monoisotopic (exact) mass is 219 g/mol. The van der Waals surface area contributed by atoms with Gasteiger partial charge in [-0.2, -0.15) is 0 Å². The van der Waals surface area contributed by atoms with Crippen LogP contribution in [0, 0.1) is 0 Å². The van der Waals surface area contributed by atoms with Gasteiger partial charge < -0.3 is 11.1 Å². The molecule has 0 unspecified atom stereocenters. The number of hydrogen-bond acceptors (Lipinski definition) is 2. The summed E-state index contributed by atoms with van der Waals surface area (Å²) in [6, 6.07) is -0.207. The number of likely N-dealkylation sites (N-methyl/N-ethyl adjacent to an activating group) is 1. The van der Waals surface area contributed by atoms with Gasteiger partial charge in [-0.3, -0.25) is 4.90 Å². The minimum atomic E-state index is -0.558. The minimum Gasteiger partial charge on any atom is -0.351 e. The lowest BCUT2D eigenvalue weighted by atomic mass is 10.1. The van der Waals surface area contributed by atoms with Crippen molar-refractivity contribution in [3.63, 3.8) is 0 Å². The van der Waals surface area contributed by atoms with Crippen molar-refractivity contribution < 1.29 is 4.79 Å². The molecule has 1 aliphatic carbocycles. The molecule has 0 aliphatic heterocycles. The zero-order valence-electron chi connectivity index (χ0n) is 9.55. The Balaban J connectivity index is 2.50. The van der Waals surface area contributed by atoms with Gasteiger partial charge in [0.25, 0.3) is 0 Å². The highest BCUT2D eigenvalue weighted by atomic mass is 16.2. The van der Waals surface area contributed by atoms with Crippen LogP contribution in [-0.4, -0.2) is 31.1 Å². The number of nitrogens with two attached hydrogens (primary N) is 1. The molecule has 0 saturated heterocycles. The third kappa shape index (κ3) is 4.14. The number of nitrogens with zero attached hydrogens (tertiary/aromatic N) is 1. The van der Waals surface area contributed by atoms with Crippen LogP contribution in [0.15, 0.2) is 48.2 Å². The van der Waals surface area contributed by atoms with Crippen LogP contribution >= 0.6 is 0 Å². The van der Waals surface area contributed by atoms with E-state index in [1.54, 1.807) is 6.08 Å². The molecular formula is C12H17N3O. The Kier molecular flexibility index (Phi) is 4.54. The number of nitrogens with one attached hydrogen (secondary N) is 1. The Morgan fingerprint density at radius 2 is 2.06 bits per heavy atom. The first-order valence-corrected chi connectivity index (χ1v) is 5.05. The van der Waals surface area contributed by atoms with E-state index in [0.717, 1.165) is 5.57 Å². The Labute approximate surface area is 95.8 Å². The fraction of sp³-hybridized carbons (Fsp3) is 0.250. The Morgan fingerprint density at radius 3 is 2.56 bits per heavy atom. The van der Waals surface area contributed by atoms with Crippen molar-refractivity contribution in [1.29, 1.82) is 0 Å². The molecule has 1 aliphatic rings. The van der Waals surface area contributed by atoms with Gasteiger partial charge in [0, 0.05) is 12.2 Å². The molecule has 2 amide bonds. The lowest BCUT2D eigenvalue weighted by Crippen LogP contribution is -2.24. The van der Waals surface area contributed by atoms with Gasteiger partial charge in [0.05, 0.1) is 0 Å². The zero-order valence-corrected chi connectivity index (χ0v) is 9.55. The molecule has 0 saturated carbocycles. The fourth-order valence-corrected chi connectivity index (χ4v) is 1.28. The van der Waals surface area contributed by atoms with Crippen molar-refractivity contribution >= 4 is 6.03 Å². The Morgan fingerprint density at radius 1 is 1.44 bits per heavy atom. The van der Waals surface area contributed by atoms with Crippen molar-refractivity contribution in [3.05, 3.63) is 48.2 Å². The standard InChI is InChI=1S/C12H17N3O/c1-15(2)11-7-5-10(6-8-11)4-3-9-14-12(13)16/h3-9,11H,1-2H3,(H3,13,14,16). The molecule has 16 heavy (non-hydrogen) atoms. The number of urea groups is 1. The maximum absolute atomic E-state index is 10.4. The molecule has 0 aromatic rings. The van der Waals surface area contributed by atoms with E-state index in [4.69, 9.17) is 5.73 Å². The lowest BCUT2D eigenvalue weighted by molar-refractivity contribution is 0.252. The van der Waals surface area contributed by atoms with Gasteiger partial charge in [-0.15, -0.1) is 0 Å². The number of carbonyl (C=O) groups excluding carboxylic acids is 1. The fourth-order valence-electron chi connectivity index (χ4n) is 1.28. The van der Waals surface area contributed by atoms with Crippen LogP contribution in [0.4, 0.5) is 4.79 Å². The van der Waals surface area contributed by atoms with Crippen molar-refractivity contribution in [2.75, 3.05) is 14.1 Å². The summed E-state index contributed by atoms with van der Waals surface area (Å²) in [5, 5.41) is 2.37. The van der Waals surface area contributed by atoms with Crippen LogP contribution in [0.1, 0.15) is 0 Å². The summed E-state index contributed by atoms with van der Waals surface area (Å²) in [5.74, 6) is 0. The van der Waals surface area contributed by atoms with Crippen LogP contribution in [0.5, 0.6) is 0 Å². The van der Waals surface area contributed by atoms with Crippen molar-refractivity contribution in [1.82, 2.24) is 10.2 Å². The maximum Gasteiger partial charge on any atom is 0.316 e. The average Bonchev–Trinajstić information content (AvgIpc) is 2.25. The number of amides is 2. The van der Waals surface area contributed by atoms with E-state index in [-0.39, 0.29) is 0 Å². The van der Waals surface area contributed by atoms with Gasteiger partial charge in [-0.05, 0) is 25.7 Å². The van der Waals surface area contributed by atoms with Gasteiger partial charge in [-0.25, -0.2) is 4.79 Å².